The van der Waals surface area contributed by atoms with E-state index >= 15 is 0 Å². The van der Waals surface area contributed by atoms with Crippen LogP contribution in [0.3, 0.4) is 0 Å². The summed E-state index contributed by atoms with van der Waals surface area (Å²) in [5.41, 5.74) is 0. The number of nitrogens with zero attached hydrogens (tertiary/aromatic N) is 1. The number of aliphatic hydroxyl groups excluding tert-OH is 1. The first-order valence-corrected chi connectivity index (χ1v) is 3.10. The molecule has 9 heavy (non-hydrogen) atoms. The number of rotatable bonds is 4. The van der Waals surface area contributed by atoms with E-state index < -0.39 is 6.23 Å². The van der Waals surface area contributed by atoms with E-state index in [1.165, 1.54) is 0 Å². The molecule has 0 radical (unpaired) electrons. The normalized spacial score (nSPS) is 14.3. The van der Waals surface area contributed by atoms with Crippen LogP contribution in [0.15, 0.2) is 0 Å². The Bertz CT molecular complexity index is 66.1. The first-order valence-electron chi connectivity index (χ1n) is 3.10. The number of hydrogen-bond donors (Lipinski definition) is 1. The fraction of sp³-hybridized carbons (Fsp3) is 1.00. The van der Waals surface area contributed by atoms with Crippen LogP contribution in [-0.2, 0) is 4.74 Å². The van der Waals surface area contributed by atoms with E-state index in [1.807, 2.05) is 21.0 Å². The molecular weight excluding hydrogens is 118 g/mol. The molecule has 0 fully saturated rings. The van der Waals surface area contributed by atoms with Gasteiger partial charge in [-0.25, -0.2) is 0 Å². The van der Waals surface area contributed by atoms with E-state index in [4.69, 9.17) is 9.84 Å². The Kier molecular flexibility index (Phi) is 4.67. The van der Waals surface area contributed by atoms with Gasteiger partial charge in [-0.3, -0.25) is 4.90 Å². The van der Waals surface area contributed by atoms with E-state index in [0.717, 1.165) is 0 Å². The van der Waals surface area contributed by atoms with Gasteiger partial charge in [-0.2, -0.15) is 0 Å². The Morgan fingerprint density at radius 2 is 2.11 bits per heavy atom. The van der Waals surface area contributed by atoms with E-state index in [2.05, 4.69) is 0 Å². The molecule has 0 rings (SSSR count). The van der Waals surface area contributed by atoms with Crippen LogP contribution in [-0.4, -0.2) is 43.5 Å². The minimum absolute atomic E-state index is 0.392. The third-order valence-corrected chi connectivity index (χ3v) is 1.07. The van der Waals surface area contributed by atoms with Crippen molar-refractivity contribution in [2.45, 2.75) is 13.2 Å². The van der Waals surface area contributed by atoms with Crippen LogP contribution in [0.5, 0.6) is 0 Å². The molecule has 0 aliphatic carbocycles. The monoisotopic (exact) mass is 133 g/mol. The van der Waals surface area contributed by atoms with Crippen LogP contribution in [0.4, 0.5) is 0 Å². The Morgan fingerprint density at radius 1 is 1.56 bits per heavy atom. The smallest absolute Gasteiger partial charge is 0.130 e. The van der Waals surface area contributed by atoms with E-state index in [-0.39, 0.29) is 0 Å². The predicted octanol–water partition coefficient (Wildman–Crippen LogP) is -0.0971. The SMILES string of the molecule is CCOCC(O)N(C)C. The van der Waals surface area contributed by atoms with Gasteiger partial charge in [0.15, 0.2) is 0 Å². The van der Waals surface area contributed by atoms with Gasteiger partial charge in [0.2, 0.25) is 0 Å². The van der Waals surface area contributed by atoms with Crippen molar-refractivity contribution in [3.8, 4) is 0 Å². The minimum Gasteiger partial charge on any atom is -0.378 e. The Hall–Kier alpha value is -0.120. The lowest BCUT2D eigenvalue weighted by molar-refractivity contribution is -0.0334. The molecule has 0 spiro atoms. The average molecular weight is 133 g/mol. The Labute approximate surface area is 56.2 Å². The van der Waals surface area contributed by atoms with Gasteiger partial charge in [-0.05, 0) is 21.0 Å². The van der Waals surface area contributed by atoms with Gasteiger partial charge in [-0.1, -0.05) is 0 Å². The average Bonchev–Trinajstić information content (AvgIpc) is 1.82. The standard InChI is InChI=1S/C6H15NO2/c1-4-9-5-6(8)7(2)3/h6,8H,4-5H2,1-3H3. The van der Waals surface area contributed by atoms with E-state index in [1.54, 1.807) is 4.90 Å². The Morgan fingerprint density at radius 3 is 2.44 bits per heavy atom. The second-order valence-corrected chi connectivity index (χ2v) is 2.10. The lowest BCUT2D eigenvalue weighted by Gasteiger charge is -2.17. The van der Waals surface area contributed by atoms with Crippen molar-refractivity contribution in [1.82, 2.24) is 4.90 Å². The van der Waals surface area contributed by atoms with Crippen LogP contribution in [0.25, 0.3) is 0 Å². The largest absolute Gasteiger partial charge is 0.378 e. The van der Waals surface area contributed by atoms with Gasteiger partial charge < -0.3 is 9.84 Å². The van der Waals surface area contributed by atoms with Crippen molar-refractivity contribution in [2.24, 2.45) is 0 Å². The van der Waals surface area contributed by atoms with Gasteiger partial charge in [0, 0.05) is 6.61 Å². The predicted molar refractivity (Wildman–Crippen MR) is 36.2 cm³/mol. The number of aliphatic hydroxyl groups is 1. The maximum Gasteiger partial charge on any atom is 0.130 e. The second-order valence-electron chi connectivity index (χ2n) is 2.10. The summed E-state index contributed by atoms with van der Waals surface area (Å²) >= 11 is 0. The molecule has 1 atom stereocenters. The highest BCUT2D eigenvalue weighted by Crippen LogP contribution is 1.87. The van der Waals surface area contributed by atoms with Crippen LogP contribution >= 0.6 is 0 Å². The quantitative estimate of drug-likeness (QED) is 0.544. The molecule has 3 heteroatoms. The summed E-state index contributed by atoms with van der Waals surface area (Å²) in [4.78, 5) is 1.70. The molecule has 0 bridgehead atoms. The topological polar surface area (TPSA) is 32.7 Å². The van der Waals surface area contributed by atoms with Gasteiger partial charge in [-0.15, -0.1) is 0 Å². The third-order valence-electron chi connectivity index (χ3n) is 1.07. The molecule has 0 saturated carbocycles. The van der Waals surface area contributed by atoms with Crippen LogP contribution in [0, 0.1) is 0 Å². The molecule has 0 aromatic carbocycles. The molecule has 0 aromatic rings. The zero-order chi connectivity index (χ0) is 7.28. The summed E-state index contributed by atoms with van der Waals surface area (Å²) in [6.07, 6.45) is -0.468. The first kappa shape index (κ1) is 8.88. The second kappa shape index (κ2) is 4.73. The van der Waals surface area contributed by atoms with Gasteiger partial charge in [0.1, 0.15) is 6.23 Å². The summed E-state index contributed by atoms with van der Waals surface area (Å²) in [5, 5.41) is 9.06. The highest BCUT2D eigenvalue weighted by atomic mass is 16.5. The summed E-state index contributed by atoms with van der Waals surface area (Å²) in [6.45, 7) is 2.96. The van der Waals surface area contributed by atoms with Gasteiger partial charge in [0.25, 0.3) is 0 Å². The molecule has 56 valence electrons. The highest BCUT2D eigenvalue weighted by Gasteiger charge is 2.03. The molecule has 0 heterocycles. The fourth-order valence-corrected chi connectivity index (χ4v) is 0.372. The molecular formula is C6H15NO2. The number of hydrogen-bond acceptors (Lipinski definition) is 3. The van der Waals surface area contributed by atoms with Crippen molar-refractivity contribution in [1.29, 1.82) is 0 Å². The molecule has 0 aliphatic heterocycles. The fourth-order valence-electron chi connectivity index (χ4n) is 0.372. The van der Waals surface area contributed by atoms with E-state index in [9.17, 15) is 0 Å². The third kappa shape index (κ3) is 4.39. The summed E-state index contributed by atoms with van der Waals surface area (Å²) < 4.78 is 4.96. The number of likely N-dealkylation sites (N-methyl/N-ethyl adjacent to an activating group) is 1. The van der Waals surface area contributed by atoms with Crippen molar-refractivity contribution in [3.05, 3.63) is 0 Å². The maximum absolute atomic E-state index is 9.06. The molecule has 1 unspecified atom stereocenters. The van der Waals surface area contributed by atoms with Gasteiger partial charge in [0.05, 0.1) is 6.61 Å². The summed E-state index contributed by atoms with van der Waals surface area (Å²) in [5.74, 6) is 0. The number of ether oxygens (including phenoxy) is 1. The van der Waals surface area contributed by atoms with E-state index in [0.29, 0.717) is 13.2 Å². The van der Waals surface area contributed by atoms with Crippen LogP contribution < -0.4 is 0 Å². The molecule has 0 saturated heterocycles. The first-order chi connectivity index (χ1) is 4.18. The van der Waals surface area contributed by atoms with Crippen molar-refractivity contribution in [2.75, 3.05) is 27.3 Å². The highest BCUT2D eigenvalue weighted by molar-refractivity contribution is 4.46. The summed E-state index contributed by atoms with van der Waals surface area (Å²) in [7, 11) is 3.62. The zero-order valence-corrected chi connectivity index (χ0v) is 6.29. The van der Waals surface area contributed by atoms with Crippen LogP contribution in [0.1, 0.15) is 6.92 Å². The summed E-state index contributed by atoms with van der Waals surface area (Å²) in [6, 6.07) is 0. The minimum atomic E-state index is -0.468. The van der Waals surface area contributed by atoms with Crippen LogP contribution in [0.2, 0.25) is 0 Å². The molecule has 0 amide bonds. The Balaban J connectivity index is 3.16. The van der Waals surface area contributed by atoms with Gasteiger partial charge >= 0.3 is 0 Å². The molecule has 1 N–H and O–H groups in total. The van der Waals surface area contributed by atoms with Crippen molar-refractivity contribution in [3.63, 3.8) is 0 Å². The molecule has 0 aliphatic rings. The lowest BCUT2D eigenvalue weighted by atomic mass is 10.5. The maximum atomic E-state index is 9.06. The zero-order valence-electron chi connectivity index (χ0n) is 6.29. The molecule has 0 aromatic heterocycles. The molecule has 3 nitrogen and oxygen atoms in total. The lowest BCUT2D eigenvalue weighted by Crippen LogP contribution is -2.31. The van der Waals surface area contributed by atoms with Crippen molar-refractivity contribution >= 4 is 0 Å². The van der Waals surface area contributed by atoms with Crippen molar-refractivity contribution < 1.29 is 9.84 Å².